The Morgan fingerprint density at radius 3 is 2.32 bits per heavy atom. The van der Waals surface area contributed by atoms with Crippen LogP contribution in [-0.2, 0) is 26.9 Å². The van der Waals surface area contributed by atoms with Gasteiger partial charge in [0, 0.05) is 6.07 Å². The van der Waals surface area contributed by atoms with Gasteiger partial charge in [-0.05, 0) is 29.8 Å². The fraction of sp³-hybridized carbons (Fsp3) is 0.176. The zero-order valence-corrected chi connectivity index (χ0v) is 14.0. The molecule has 0 spiro atoms. The fourth-order valence-electron chi connectivity index (χ4n) is 2.12. The first kappa shape index (κ1) is 20.8. The summed E-state index contributed by atoms with van der Waals surface area (Å²) >= 11 is 0. The van der Waals surface area contributed by atoms with Gasteiger partial charge < -0.3 is 10.1 Å². The Kier molecular flexibility index (Phi) is 6.29. The molecule has 0 fully saturated rings. The van der Waals surface area contributed by atoms with Crippen LogP contribution in [0.3, 0.4) is 0 Å². The minimum Gasteiger partial charge on any atom is -0.455 e. The Bertz CT molecular complexity index is 897. The zero-order valence-electron chi connectivity index (χ0n) is 14.0. The third-order valence-electron chi connectivity index (χ3n) is 3.42. The lowest BCUT2D eigenvalue weighted by molar-refractivity contribution is -0.384. The minimum atomic E-state index is -4.79. The molecule has 0 aliphatic heterocycles. The summed E-state index contributed by atoms with van der Waals surface area (Å²) in [6.07, 6.45) is -5.03. The highest BCUT2D eigenvalue weighted by Gasteiger charge is 2.33. The van der Waals surface area contributed by atoms with Crippen molar-refractivity contribution in [3.8, 4) is 0 Å². The van der Waals surface area contributed by atoms with Gasteiger partial charge in [0.25, 0.3) is 11.6 Å². The van der Waals surface area contributed by atoms with E-state index in [0.717, 1.165) is 18.2 Å². The molecule has 0 atom stereocenters. The van der Waals surface area contributed by atoms with Gasteiger partial charge in [-0.2, -0.15) is 13.2 Å². The summed E-state index contributed by atoms with van der Waals surface area (Å²) in [5, 5.41) is 13.0. The Morgan fingerprint density at radius 1 is 1.11 bits per heavy atom. The molecular formula is C17H12F4N2O5. The number of carbonyl (C=O) groups excluding carboxylic acids is 2. The van der Waals surface area contributed by atoms with Crippen molar-refractivity contribution in [2.75, 3.05) is 11.9 Å². The van der Waals surface area contributed by atoms with Gasteiger partial charge in [-0.15, -0.1) is 0 Å². The van der Waals surface area contributed by atoms with E-state index in [4.69, 9.17) is 4.74 Å². The van der Waals surface area contributed by atoms with E-state index in [1.54, 1.807) is 0 Å². The molecule has 0 radical (unpaired) electrons. The molecule has 1 amide bonds. The van der Waals surface area contributed by atoms with Crippen LogP contribution in [0.25, 0.3) is 0 Å². The van der Waals surface area contributed by atoms with E-state index in [2.05, 4.69) is 0 Å². The number of alkyl halides is 3. The van der Waals surface area contributed by atoms with E-state index in [1.165, 1.54) is 12.1 Å². The fourth-order valence-corrected chi connectivity index (χ4v) is 2.12. The number of anilines is 1. The molecule has 0 aromatic heterocycles. The largest absolute Gasteiger partial charge is 0.455 e. The van der Waals surface area contributed by atoms with Crippen LogP contribution in [-0.4, -0.2) is 23.4 Å². The number of nitrogens with zero attached hydrogens (tertiary/aromatic N) is 1. The van der Waals surface area contributed by atoms with E-state index in [1.807, 2.05) is 5.32 Å². The number of nitrogens with one attached hydrogen (secondary N) is 1. The zero-order chi connectivity index (χ0) is 20.9. The highest BCUT2D eigenvalue weighted by molar-refractivity contribution is 5.95. The van der Waals surface area contributed by atoms with E-state index >= 15 is 0 Å². The van der Waals surface area contributed by atoms with Crippen molar-refractivity contribution in [1.82, 2.24) is 0 Å². The Labute approximate surface area is 155 Å². The molecular weight excluding hydrogens is 388 g/mol. The standard InChI is InChI=1S/C17H12F4N2O5/c18-12-4-1-10(2-5-12)7-16(25)28-9-15(24)22-13-6-3-11(17(19,20)21)8-14(13)23(26)27/h1-6,8H,7,9H2,(H,22,24). The third-order valence-corrected chi connectivity index (χ3v) is 3.42. The molecule has 0 aliphatic rings. The van der Waals surface area contributed by atoms with Crippen molar-refractivity contribution >= 4 is 23.3 Å². The first-order valence-electron chi connectivity index (χ1n) is 7.62. The average Bonchev–Trinajstić information content (AvgIpc) is 2.61. The quantitative estimate of drug-likeness (QED) is 0.347. The molecule has 0 aliphatic carbocycles. The van der Waals surface area contributed by atoms with Crippen LogP contribution >= 0.6 is 0 Å². The molecule has 0 bridgehead atoms. The van der Waals surface area contributed by atoms with Gasteiger partial charge in [-0.1, -0.05) is 12.1 Å². The van der Waals surface area contributed by atoms with Gasteiger partial charge in [0.1, 0.15) is 11.5 Å². The monoisotopic (exact) mass is 400 g/mol. The Hall–Kier alpha value is -3.50. The average molecular weight is 400 g/mol. The second-order valence-electron chi connectivity index (χ2n) is 5.50. The predicted molar refractivity (Wildman–Crippen MR) is 87.8 cm³/mol. The number of hydrogen-bond acceptors (Lipinski definition) is 5. The number of hydrogen-bond donors (Lipinski definition) is 1. The van der Waals surface area contributed by atoms with E-state index < -0.39 is 52.3 Å². The molecule has 0 saturated heterocycles. The first-order valence-corrected chi connectivity index (χ1v) is 7.62. The topological polar surface area (TPSA) is 98.5 Å². The number of ether oxygens (including phenoxy) is 1. The highest BCUT2D eigenvalue weighted by atomic mass is 19.4. The molecule has 11 heteroatoms. The normalized spacial score (nSPS) is 11.0. The SMILES string of the molecule is O=C(COC(=O)Cc1ccc(F)cc1)Nc1ccc(C(F)(F)F)cc1[N+](=O)[O-]. The molecule has 0 unspecified atom stereocenters. The molecule has 1 N–H and O–H groups in total. The maximum absolute atomic E-state index is 12.8. The van der Waals surface area contributed by atoms with Gasteiger partial charge in [-0.3, -0.25) is 19.7 Å². The summed E-state index contributed by atoms with van der Waals surface area (Å²) in [7, 11) is 0. The van der Waals surface area contributed by atoms with Crippen LogP contribution in [0.2, 0.25) is 0 Å². The smallest absolute Gasteiger partial charge is 0.416 e. The highest BCUT2D eigenvalue weighted by Crippen LogP contribution is 2.34. The molecule has 148 valence electrons. The van der Waals surface area contributed by atoms with Gasteiger partial charge in [0.2, 0.25) is 0 Å². The van der Waals surface area contributed by atoms with Gasteiger partial charge in [-0.25, -0.2) is 4.39 Å². The van der Waals surface area contributed by atoms with Crippen LogP contribution in [0.15, 0.2) is 42.5 Å². The van der Waals surface area contributed by atoms with Crippen molar-refractivity contribution in [2.24, 2.45) is 0 Å². The van der Waals surface area contributed by atoms with Crippen molar-refractivity contribution < 1.29 is 36.8 Å². The Balaban J connectivity index is 1.97. The Morgan fingerprint density at radius 2 is 1.75 bits per heavy atom. The van der Waals surface area contributed by atoms with Crippen LogP contribution in [0, 0.1) is 15.9 Å². The van der Waals surface area contributed by atoms with E-state index in [9.17, 15) is 37.3 Å². The maximum Gasteiger partial charge on any atom is 0.416 e. The lowest BCUT2D eigenvalue weighted by Gasteiger charge is -2.10. The number of carbonyl (C=O) groups is 2. The number of amides is 1. The summed E-state index contributed by atoms with van der Waals surface area (Å²) in [5.74, 6) is -2.28. The second-order valence-corrected chi connectivity index (χ2v) is 5.50. The van der Waals surface area contributed by atoms with Gasteiger partial charge >= 0.3 is 12.1 Å². The van der Waals surface area contributed by atoms with E-state index in [-0.39, 0.29) is 12.5 Å². The van der Waals surface area contributed by atoms with Crippen molar-refractivity contribution in [1.29, 1.82) is 0 Å². The van der Waals surface area contributed by atoms with Crippen LogP contribution in [0.1, 0.15) is 11.1 Å². The van der Waals surface area contributed by atoms with Crippen molar-refractivity contribution in [2.45, 2.75) is 12.6 Å². The third kappa shape index (κ3) is 5.76. The summed E-state index contributed by atoms with van der Waals surface area (Å²) in [6, 6.07) is 6.57. The molecule has 0 heterocycles. The minimum absolute atomic E-state index is 0.242. The number of rotatable bonds is 6. The second kappa shape index (κ2) is 8.46. The predicted octanol–water partition coefficient (Wildman–Crippen LogP) is 3.48. The molecule has 2 rings (SSSR count). The van der Waals surface area contributed by atoms with Crippen molar-refractivity contribution in [3.63, 3.8) is 0 Å². The molecule has 7 nitrogen and oxygen atoms in total. The van der Waals surface area contributed by atoms with Crippen LogP contribution < -0.4 is 5.32 Å². The van der Waals surface area contributed by atoms with Crippen LogP contribution in [0.4, 0.5) is 28.9 Å². The lowest BCUT2D eigenvalue weighted by atomic mass is 10.1. The summed E-state index contributed by atoms with van der Waals surface area (Å²) in [5.41, 5.74) is -2.24. The summed E-state index contributed by atoms with van der Waals surface area (Å²) in [4.78, 5) is 33.3. The van der Waals surface area contributed by atoms with Crippen LogP contribution in [0.5, 0.6) is 0 Å². The lowest BCUT2D eigenvalue weighted by Crippen LogP contribution is -2.22. The first-order chi connectivity index (χ1) is 13.1. The van der Waals surface area contributed by atoms with E-state index in [0.29, 0.717) is 11.6 Å². The summed E-state index contributed by atoms with van der Waals surface area (Å²) < 4.78 is 55.4. The molecule has 2 aromatic rings. The van der Waals surface area contributed by atoms with Crippen molar-refractivity contribution in [3.05, 3.63) is 69.5 Å². The number of nitro benzene ring substituents is 1. The molecule has 28 heavy (non-hydrogen) atoms. The molecule has 2 aromatic carbocycles. The summed E-state index contributed by atoms with van der Waals surface area (Å²) in [6.45, 7) is -0.807. The number of benzene rings is 2. The number of esters is 1. The molecule has 0 saturated carbocycles. The van der Waals surface area contributed by atoms with Gasteiger partial charge in [0.05, 0.1) is 16.9 Å². The number of nitro groups is 1. The number of halogens is 4. The van der Waals surface area contributed by atoms with Gasteiger partial charge in [0.15, 0.2) is 6.61 Å². The maximum atomic E-state index is 12.8.